The van der Waals surface area contributed by atoms with Gasteiger partial charge >= 0.3 is 0 Å². The second kappa shape index (κ2) is 12.2. The van der Waals surface area contributed by atoms with Gasteiger partial charge in [-0.15, -0.1) is 0 Å². The number of aryl methyl sites for hydroxylation is 1. The molecule has 198 valence electrons. The molecule has 0 bridgehead atoms. The van der Waals surface area contributed by atoms with Gasteiger partial charge in [0.2, 0.25) is 26.0 Å². The molecular formula is C25H35N3O6S2. The molecule has 1 unspecified atom stereocenters. The van der Waals surface area contributed by atoms with Gasteiger partial charge in [-0.25, -0.2) is 25.9 Å². The average Bonchev–Trinajstić information content (AvgIpc) is 2.84. The molecular weight excluding hydrogens is 502 g/mol. The molecule has 1 fully saturated rings. The number of benzene rings is 2. The zero-order chi connectivity index (χ0) is 26.3. The predicted molar refractivity (Wildman–Crippen MR) is 140 cm³/mol. The van der Waals surface area contributed by atoms with Crippen LogP contribution in [0.4, 0.5) is 5.69 Å². The van der Waals surface area contributed by atoms with Crippen LogP contribution in [0.5, 0.6) is 5.75 Å². The highest BCUT2D eigenvalue weighted by Gasteiger charge is 2.32. The summed E-state index contributed by atoms with van der Waals surface area (Å²) in [4.78, 5) is 13.1. The zero-order valence-corrected chi connectivity index (χ0v) is 22.6. The molecule has 11 heteroatoms. The summed E-state index contributed by atoms with van der Waals surface area (Å²) in [6, 6.07) is 13.7. The second-order valence-corrected chi connectivity index (χ2v) is 13.0. The fraction of sp³-hybridized carbons (Fsp3) is 0.480. The van der Waals surface area contributed by atoms with Gasteiger partial charge in [-0.3, -0.25) is 4.79 Å². The molecule has 1 saturated heterocycles. The minimum Gasteiger partial charge on any atom is -0.495 e. The Labute approximate surface area is 214 Å². The SMILES string of the molecule is COc1ccc(S(=O)(=O)NC(C)C)cc1NC(=O)C1CCCN(S(=O)(=O)CCCc2ccccc2)C1. The van der Waals surface area contributed by atoms with Crippen LogP contribution in [-0.4, -0.2) is 59.0 Å². The number of hydrogen-bond acceptors (Lipinski definition) is 6. The van der Waals surface area contributed by atoms with E-state index in [0.717, 1.165) is 5.56 Å². The van der Waals surface area contributed by atoms with E-state index in [0.29, 0.717) is 38.0 Å². The molecule has 36 heavy (non-hydrogen) atoms. The molecule has 0 aromatic heterocycles. The lowest BCUT2D eigenvalue weighted by atomic mass is 9.98. The summed E-state index contributed by atoms with van der Waals surface area (Å²) in [7, 11) is -5.84. The third-order valence-electron chi connectivity index (χ3n) is 5.99. The van der Waals surface area contributed by atoms with Gasteiger partial charge in [0.25, 0.3) is 0 Å². The number of hydrogen-bond donors (Lipinski definition) is 2. The van der Waals surface area contributed by atoms with Crippen LogP contribution in [0.25, 0.3) is 0 Å². The molecule has 3 rings (SSSR count). The Bertz CT molecular complexity index is 1250. The maximum absolute atomic E-state index is 13.1. The summed E-state index contributed by atoms with van der Waals surface area (Å²) in [5, 5.41) is 2.76. The van der Waals surface area contributed by atoms with Crippen LogP contribution in [0.1, 0.15) is 38.7 Å². The van der Waals surface area contributed by atoms with Crippen molar-refractivity contribution in [1.82, 2.24) is 9.03 Å². The van der Waals surface area contributed by atoms with Gasteiger partial charge in [0, 0.05) is 19.1 Å². The van der Waals surface area contributed by atoms with Gasteiger partial charge in [0.15, 0.2) is 0 Å². The van der Waals surface area contributed by atoms with Crippen LogP contribution in [0, 0.1) is 5.92 Å². The first-order valence-electron chi connectivity index (χ1n) is 12.0. The number of nitrogens with zero attached hydrogens (tertiary/aromatic N) is 1. The van der Waals surface area contributed by atoms with E-state index in [1.165, 1.54) is 29.6 Å². The summed E-state index contributed by atoms with van der Waals surface area (Å²) in [6.07, 6.45) is 2.28. The van der Waals surface area contributed by atoms with Crippen LogP contribution in [0.2, 0.25) is 0 Å². The molecule has 2 aromatic rings. The van der Waals surface area contributed by atoms with Crippen molar-refractivity contribution in [1.29, 1.82) is 0 Å². The van der Waals surface area contributed by atoms with Crippen molar-refractivity contribution in [2.24, 2.45) is 5.92 Å². The normalized spacial score (nSPS) is 17.2. The first-order chi connectivity index (χ1) is 17.0. The van der Waals surface area contributed by atoms with Crippen LogP contribution in [-0.2, 0) is 31.3 Å². The van der Waals surface area contributed by atoms with E-state index in [4.69, 9.17) is 4.74 Å². The molecule has 1 amide bonds. The monoisotopic (exact) mass is 537 g/mol. The van der Waals surface area contributed by atoms with E-state index in [1.54, 1.807) is 13.8 Å². The Morgan fingerprint density at radius 2 is 1.83 bits per heavy atom. The molecule has 0 aliphatic carbocycles. The highest BCUT2D eigenvalue weighted by atomic mass is 32.2. The molecule has 9 nitrogen and oxygen atoms in total. The predicted octanol–water partition coefficient (Wildman–Crippen LogP) is 3.00. The molecule has 0 spiro atoms. The van der Waals surface area contributed by atoms with E-state index < -0.39 is 26.0 Å². The Morgan fingerprint density at radius 3 is 2.50 bits per heavy atom. The van der Waals surface area contributed by atoms with Crippen molar-refractivity contribution >= 4 is 31.6 Å². The van der Waals surface area contributed by atoms with Crippen molar-refractivity contribution in [3.05, 3.63) is 54.1 Å². The number of ether oxygens (including phenoxy) is 1. The minimum atomic E-state index is -3.77. The fourth-order valence-electron chi connectivity index (χ4n) is 4.21. The quantitative estimate of drug-likeness (QED) is 0.455. The number of sulfonamides is 2. The summed E-state index contributed by atoms with van der Waals surface area (Å²) in [5.74, 6) is -0.592. The number of rotatable bonds is 11. The van der Waals surface area contributed by atoms with Gasteiger partial charge in [0.05, 0.1) is 29.4 Å². The summed E-state index contributed by atoms with van der Waals surface area (Å²) >= 11 is 0. The van der Waals surface area contributed by atoms with E-state index in [9.17, 15) is 21.6 Å². The average molecular weight is 538 g/mol. The maximum atomic E-state index is 13.1. The lowest BCUT2D eigenvalue weighted by molar-refractivity contribution is -0.120. The number of carbonyl (C=O) groups is 1. The van der Waals surface area contributed by atoms with Crippen molar-refractivity contribution < 1.29 is 26.4 Å². The van der Waals surface area contributed by atoms with Crippen LogP contribution < -0.4 is 14.8 Å². The van der Waals surface area contributed by atoms with Crippen molar-refractivity contribution in [2.45, 2.75) is 50.5 Å². The lowest BCUT2D eigenvalue weighted by Crippen LogP contribution is -2.44. The van der Waals surface area contributed by atoms with Gasteiger partial charge in [-0.2, -0.15) is 0 Å². The Hall–Kier alpha value is -2.47. The van der Waals surface area contributed by atoms with E-state index >= 15 is 0 Å². The molecule has 2 N–H and O–H groups in total. The number of amides is 1. The van der Waals surface area contributed by atoms with Gasteiger partial charge in [-0.05, 0) is 63.3 Å². The third kappa shape index (κ3) is 7.52. The largest absolute Gasteiger partial charge is 0.495 e. The molecule has 1 heterocycles. The summed E-state index contributed by atoms with van der Waals surface area (Å²) < 4.78 is 60.3. The molecule has 1 atom stereocenters. The van der Waals surface area contributed by atoms with Crippen molar-refractivity contribution in [3.8, 4) is 5.75 Å². The standard InChI is InChI=1S/C25H35N3O6S2/c1-19(2)27-36(32,33)22-13-14-24(34-3)23(17-22)26-25(29)21-12-7-15-28(18-21)35(30,31)16-8-11-20-9-5-4-6-10-20/h4-6,9-10,13-14,17,19,21,27H,7-8,11-12,15-16,18H2,1-3H3,(H,26,29). The highest BCUT2D eigenvalue weighted by molar-refractivity contribution is 7.89. The number of methoxy groups -OCH3 is 1. The number of carbonyl (C=O) groups excluding carboxylic acids is 1. The smallest absolute Gasteiger partial charge is 0.240 e. The molecule has 1 aliphatic heterocycles. The summed E-state index contributed by atoms with van der Waals surface area (Å²) in [6.45, 7) is 3.91. The Balaban J connectivity index is 1.66. The van der Waals surface area contributed by atoms with Crippen LogP contribution in [0.15, 0.2) is 53.4 Å². The van der Waals surface area contributed by atoms with Crippen LogP contribution in [0.3, 0.4) is 0 Å². The number of piperidine rings is 1. The molecule has 2 aromatic carbocycles. The number of nitrogens with one attached hydrogen (secondary N) is 2. The zero-order valence-electron chi connectivity index (χ0n) is 20.9. The Kier molecular flexibility index (Phi) is 9.51. The van der Waals surface area contributed by atoms with Crippen molar-refractivity contribution in [3.63, 3.8) is 0 Å². The second-order valence-electron chi connectivity index (χ2n) is 9.23. The van der Waals surface area contributed by atoms with E-state index in [-0.39, 0.29) is 34.8 Å². The van der Waals surface area contributed by atoms with Gasteiger partial charge < -0.3 is 10.1 Å². The van der Waals surface area contributed by atoms with Gasteiger partial charge in [-0.1, -0.05) is 30.3 Å². The first-order valence-corrected chi connectivity index (χ1v) is 15.1. The van der Waals surface area contributed by atoms with Crippen molar-refractivity contribution in [2.75, 3.05) is 31.3 Å². The van der Waals surface area contributed by atoms with Gasteiger partial charge in [0.1, 0.15) is 5.75 Å². The topological polar surface area (TPSA) is 122 Å². The first kappa shape index (κ1) is 28.1. The molecule has 0 radical (unpaired) electrons. The third-order valence-corrected chi connectivity index (χ3v) is 9.57. The maximum Gasteiger partial charge on any atom is 0.240 e. The summed E-state index contributed by atoms with van der Waals surface area (Å²) in [5.41, 5.74) is 1.31. The van der Waals surface area contributed by atoms with E-state index in [1.807, 2.05) is 30.3 Å². The van der Waals surface area contributed by atoms with E-state index in [2.05, 4.69) is 10.0 Å². The molecule has 1 aliphatic rings. The molecule has 0 saturated carbocycles. The lowest BCUT2D eigenvalue weighted by Gasteiger charge is -2.31. The van der Waals surface area contributed by atoms with Crippen LogP contribution >= 0.6 is 0 Å². The minimum absolute atomic E-state index is 0.00133. The Morgan fingerprint density at radius 1 is 1.11 bits per heavy atom. The fourth-order valence-corrected chi connectivity index (χ4v) is 7.07. The number of anilines is 1. The highest BCUT2D eigenvalue weighted by Crippen LogP contribution is 2.29.